The average Bonchev–Trinajstić information content (AvgIpc) is 2.71. The normalized spacial score (nSPS) is 11.1. The number of nitrogens with one attached hydrogen (secondary N) is 1. The monoisotopic (exact) mass is 308 g/mol. The Morgan fingerprint density at radius 3 is 2.67 bits per heavy atom. The van der Waals surface area contributed by atoms with E-state index in [4.69, 9.17) is 0 Å². The molecule has 1 N–H and O–H groups in total. The van der Waals surface area contributed by atoms with Gasteiger partial charge in [-0.15, -0.1) is 0 Å². The maximum absolute atomic E-state index is 13.8. The number of hydrogen-bond donors (Lipinski definition) is 1. The van der Waals surface area contributed by atoms with Crippen molar-refractivity contribution in [1.29, 1.82) is 0 Å². The fourth-order valence-corrected chi connectivity index (χ4v) is 2.12. The summed E-state index contributed by atoms with van der Waals surface area (Å²) in [5.41, 5.74) is 1.51. The highest BCUT2D eigenvalue weighted by atomic mass is 79.9. The van der Waals surface area contributed by atoms with E-state index in [-0.39, 0.29) is 11.6 Å². The van der Waals surface area contributed by atoms with Crippen molar-refractivity contribution in [3.8, 4) is 11.4 Å². The summed E-state index contributed by atoms with van der Waals surface area (Å²) >= 11 is 3.19. The molecule has 90 valence electrons. The number of aromatic amines is 1. The van der Waals surface area contributed by atoms with Crippen LogP contribution in [-0.4, -0.2) is 9.97 Å². The van der Waals surface area contributed by atoms with E-state index in [1.165, 1.54) is 18.2 Å². The Hall–Kier alpha value is -1.75. The zero-order valence-electron chi connectivity index (χ0n) is 9.05. The van der Waals surface area contributed by atoms with E-state index in [9.17, 15) is 8.78 Å². The third-order valence-corrected chi connectivity index (χ3v) is 3.12. The van der Waals surface area contributed by atoms with Crippen molar-refractivity contribution in [3.63, 3.8) is 0 Å². The zero-order chi connectivity index (χ0) is 12.7. The van der Waals surface area contributed by atoms with Crippen molar-refractivity contribution in [1.82, 2.24) is 9.97 Å². The van der Waals surface area contributed by atoms with Gasteiger partial charge in [-0.05, 0) is 36.4 Å². The van der Waals surface area contributed by atoms with Crippen molar-refractivity contribution < 1.29 is 8.78 Å². The maximum atomic E-state index is 13.8. The number of rotatable bonds is 1. The first-order chi connectivity index (χ1) is 8.63. The molecule has 18 heavy (non-hydrogen) atoms. The number of imidazole rings is 1. The summed E-state index contributed by atoms with van der Waals surface area (Å²) in [6, 6.07) is 8.93. The molecule has 0 amide bonds. The molecule has 0 aliphatic heterocycles. The number of aromatic nitrogens is 2. The van der Waals surface area contributed by atoms with Gasteiger partial charge in [-0.2, -0.15) is 0 Å². The largest absolute Gasteiger partial charge is 0.338 e. The predicted octanol–water partition coefficient (Wildman–Crippen LogP) is 4.27. The molecule has 3 rings (SSSR count). The second kappa shape index (κ2) is 4.17. The highest BCUT2D eigenvalue weighted by molar-refractivity contribution is 9.10. The van der Waals surface area contributed by atoms with Gasteiger partial charge in [0.2, 0.25) is 0 Å². The molecule has 5 heteroatoms. The third-order valence-electron chi connectivity index (χ3n) is 2.63. The Labute approximate surface area is 110 Å². The van der Waals surface area contributed by atoms with Gasteiger partial charge in [0, 0.05) is 4.47 Å². The molecule has 0 aliphatic rings. The molecule has 0 saturated heterocycles. The molecule has 2 aromatic carbocycles. The SMILES string of the molecule is Fc1ccc2nc(-c3ccc(Br)cc3F)[nH]c2c1. The predicted molar refractivity (Wildman–Crippen MR) is 69.1 cm³/mol. The Kier molecular flexibility index (Phi) is 2.63. The lowest BCUT2D eigenvalue weighted by Crippen LogP contribution is -1.86. The summed E-state index contributed by atoms with van der Waals surface area (Å²) in [6.45, 7) is 0. The first-order valence-electron chi connectivity index (χ1n) is 5.24. The minimum atomic E-state index is -0.385. The van der Waals surface area contributed by atoms with E-state index in [0.717, 1.165) is 0 Å². The number of fused-ring (bicyclic) bond motifs is 1. The second-order valence-electron chi connectivity index (χ2n) is 3.87. The minimum Gasteiger partial charge on any atom is -0.338 e. The second-order valence-corrected chi connectivity index (χ2v) is 4.79. The summed E-state index contributed by atoms with van der Waals surface area (Å²) in [4.78, 5) is 7.14. The van der Waals surface area contributed by atoms with E-state index in [2.05, 4.69) is 25.9 Å². The van der Waals surface area contributed by atoms with Crippen LogP contribution in [0.2, 0.25) is 0 Å². The lowest BCUT2D eigenvalue weighted by atomic mass is 10.2. The summed E-state index contributed by atoms with van der Waals surface area (Å²) in [5, 5.41) is 0. The number of benzene rings is 2. The molecule has 1 aromatic heterocycles. The van der Waals surface area contributed by atoms with Crippen LogP contribution in [0.15, 0.2) is 40.9 Å². The fourth-order valence-electron chi connectivity index (χ4n) is 1.79. The van der Waals surface area contributed by atoms with Crippen molar-refractivity contribution in [2.24, 2.45) is 0 Å². The van der Waals surface area contributed by atoms with Crippen molar-refractivity contribution in [2.45, 2.75) is 0 Å². The van der Waals surface area contributed by atoms with Gasteiger partial charge in [-0.25, -0.2) is 13.8 Å². The Balaban J connectivity index is 2.19. The van der Waals surface area contributed by atoms with Crippen LogP contribution in [0, 0.1) is 11.6 Å². The first kappa shape index (κ1) is 11.3. The van der Waals surface area contributed by atoms with Gasteiger partial charge in [-0.1, -0.05) is 15.9 Å². The van der Waals surface area contributed by atoms with Crippen LogP contribution < -0.4 is 0 Å². The Morgan fingerprint density at radius 1 is 1.06 bits per heavy atom. The van der Waals surface area contributed by atoms with Gasteiger partial charge in [0.25, 0.3) is 0 Å². The fraction of sp³-hybridized carbons (Fsp3) is 0. The van der Waals surface area contributed by atoms with Crippen LogP contribution in [0.4, 0.5) is 8.78 Å². The van der Waals surface area contributed by atoms with Gasteiger partial charge >= 0.3 is 0 Å². The molecule has 1 heterocycles. The first-order valence-corrected chi connectivity index (χ1v) is 6.03. The van der Waals surface area contributed by atoms with Crippen molar-refractivity contribution >= 4 is 27.0 Å². The van der Waals surface area contributed by atoms with Crippen LogP contribution in [0.5, 0.6) is 0 Å². The van der Waals surface area contributed by atoms with Gasteiger partial charge < -0.3 is 4.98 Å². The average molecular weight is 309 g/mol. The highest BCUT2D eigenvalue weighted by Crippen LogP contribution is 2.25. The van der Waals surface area contributed by atoms with Crippen LogP contribution in [0.25, 0.3) is 22.4 Å². The van der Waals surface area contributed by atoms with E-state index < -0.39 is 0 Å². The summed E-state index contributed by atoms with van der Waals surface area (Å²) in [6.07, 6.45) is 0. The van der Waals surface area contributed by atoms with Gasteiger partial charge in [0.1, 0.15) is 17.5 Å². The molecule has 0 saturated carbocycles. The molecule has 0 radical (unpaired) electrons. The molecular formula is C13H7BrF2N2. The van der Waals surface area contributed by atoms with Crippen LogP contribution >= 0.6 is 15.9 Å². The summed E-state index contributed by atoms with van der Waals surface area (Å²) in [5.74, 6) is -0.349. The third kappa shape index (κ3) is 1.90. The lowest BCUT2D eigenvalue weighted by molar-refractivity contribution is 0.629. The van der Waals surface area contributed by atoms with Gasteiger partial charge in [-0.3, -0.25) is 0 Å². The number of nitrogens with zero attached hydrogens (tertiary/aromatic N) is 1. The molecule has 0 atom stereocenters. The van der Waals surface area contributed by atoms with Crippen molar-refractivity contribution in [2.75, 3.05) is 0 Å². The number of hydrogen-bond acceptors (Lipinski definition) is 1. The smallest absolute Gasteiger partial charge is 0.141 e. The molecule has 0 fully saturated rings. The van der Waals surface area contributed by atoms with E-state index in [0.29, 0.717) is 26.9 Å². The van der Waals surface area contributed by atoms with E-state index in [1.807, 2.05) is 0 Å². The standard InChI is InChI=1S/C13H7BrF2N2/c14-7-1-3-9(10(16)5-7)13-17-11-4-2-8(15)6-12(11)18-13/h1-6H,(H,17,18). The molecule has 0 spiro atoms. The summed E-state index contributed by atoms with van der Waals surface area (Å²) < 4.78 is 27.5. The van der Waals surface area contributed by atoms with Crippen molar-refractivity contribution in [3.05, 3.63) is 52.5 Å². The minimum absolute atomic E-state index is 0.353. The molecule has 3 aromatic rings. The molecular weight excluding hydrogens is 302 g/mol. The zero-order valence-corrected chi connectivity index (χ0v) is 10.6. The Bertz CT molecular complexity index is 737. The van der Waals surface area contributed by atoms with Crippen LogP contribution in [0.3, 0.4) is 0 Å². The van der Waals surface area contributed by atoms with Crippen LogP contribution in [-0.2, 0) is 0 Å². The summed E-state index contributed by atoms with van der Waals surface area (Å²) in [7, 11) is 0. The lowest BCUT2D eigenvalue weighted by Gasteiger charge is -1.99. The molecule has 0 bridgehead atoms. The van der Waals surface area contributed by atoms with Crippen LogP contribution in [0.1, 0.15) is 0 Å². The van der Waals surface area contributed by atoms with E-state index in [1.54, 1.807) is 18.2 Å². The molecule has 0 unspecified atom stereocenters. The van der Waals surface area contributed by atoms with Gasteiger partial charge in [0.15, 0.2) is 0 Å². The van der Waals surface area contributed by atoms with E-state index >= 15 is 0 Å². The quantitative estimate of drug-likeness (QED) is 0.714. The Morgan fingerprint density at radius 2 is 1.89 bits per heavy atom. The highest BCUT2D eigenvalue weighted by Gasteiger charge is 2.10. The van der Waals surface area contributed by atoms with Gasteiger partial charge in [0.05, 0.1) is 16.6 Å². The number of H-pyrrole nitrogens is 1. The molecule has 0 aliphatic carbocycles. The topological polar surface area (TPSA) is 28.7 Å². The number of halogens is 3. The maximum Gasteiger partial charge on any atom is 0.141 e. The molecule has 2 nitrogen and oxygen atoms in total.